The number of carbonyl (C=O) groups is 1. The van der Waals surface area contributed by atoms with Gasteiger partial charge in [-0.1, -0.05) is 11.6 Å². The summed E-state index contributed by atoms with van der Waals surface area (Å²) in [6.07, 6.45) is 2.39. The maximum absolute atomic E-state index is 11.4. The van der Waals surface area contributed by atoms with E-state index < -0.39 is 6.16 Å². The smallest absolute Gasteiger partial charge is 0.435 e. The van der Waals surface area contributed by atoms with Crippen LogP contribution in [0, 0.1) is 6.92 Å². The fraction of sp³-hybridized carbons (Fsp3) is 0.471. The van der Waals surface area contributed by atoms with Gasteiger partial charge in [0.25, 0.3) is 0 Å². The highest BCUT2D eigenvalue weighted by atomic mass is 16.7. The number of rotatable bonds is 6. The predicted molar refractivity (Wildman–Crippen MR) is 87.0 cm³/mol. The van der Waals surface area contributed by atoms with Crippen LogP contribution in [-0.4, -0.2) is 42.9 Å². The van der Waals surface area contributed by atoms with Gasteiger partial charge in [-0.3, -0.25) is 0 Å². The van der Waals surface area contributed by atoms with Crippen molar-refractivity contribution >= 4 is 17.1 Å². The Morgan fingerprint density at radius 3 is 2.73 bits per heavy atom. The van der Waals surface area contributed by atoms with E-state index in [0.717, 1.165) is 18.5 Å². The Morgan fingerprint density at radius 1 is 1.27 bits per heavy atom. The summed E-state index contributed by atoms with van der Waals surface area (Å²) in [4.78, 5) is 13.5. The maximum atomic E-state index is 11.4. The van der Waals surface area contributed by atoms with Crippen LogP contribution < -0.4 is 0 Å². The molecule has 5 nitrogen and oxygen atoms in total. The molecule has 120 valence electrons. The number of aromatic nitrogens is 1. The zero-order chi connectivity index (χ0) is 16.1. The van der Waals surface area contributed by atoms with Gasteiger partial charge in [-0.05, 0) is 52.1 Å². The molecule has 0 saturated heterocycles. The second-order valence-corrected chi connectivity index (χ2v) is 5.65. The molecule has 0 spiro atoms. The van der Waals surface area contributed by atoms with Crippen LogP contribution in [0.4, 0.5) is 4.79 Å². The second-order valence-electron chi connectivity index (χ2n) is 5.65. The Balaban J connectivity index is 2.24. The van der Waals surface area contributed by atoms with Gasteiger partial charge in [-0.15, -0.1) is 0 Å². The fourth-order valence-electron chi connectivity index (χ4n) is 2.42. The topological polar surface area (TPSA) is 43.7 Å². The van der Waals surface area contributed by atoms with Crippen LogP contribution in [0.15, 0.2) is 24.4 Å². The number of likely N-dealkylation sites (N-methyl/N-ethyl adjacent to an activating group) is 1. The molecule has 0 fully saturated rings. The van der Waals surface area contributed by atoms with Gasteiger partial charge < -0.3 is 18.9 Å². The molecule has 2 aromatic rings. The highest BCUT2D eigenvalue weighted by Gasteiger charge is 2.11. The summed E-state index contributed by atoms with van der Waals surface area (Å²) in [5, 5.41) is 1.22. The standard InChI is InChI=1S/C17H24N2O3/c1-5-21-17(20)22-12-19-11-14(8-9-18(3)4)15-10-13(2)6-7-16(15)19/h6-7,10-11H,5,8-9,12H2,1-4H3. The zero-order valence-corrected chi connectivity index (χ0v) is 13.8. The monoisotopic (exact) mass is 304 g/mol. The molecule has 0 atom stereocenters. The van der Waals surface area contributed by atoms with Crippen molar-refractivity contribution in [3.63, 3.8) is 0 Å². The summed E-state index contributed by atoms with van der Waals surface area (Å²) < 4.78 is 11.9. The van der Waals surface area contributed by atoms with Crippen molar-refractivity contribution < 1.29 is 14.3 Å². The molecule has 1 aromatic heterocycles. The molecule has 1 heterocycles. The average Bonchev–Trinajstić information content (AvgIpc) is 2.80. The maximum Gasteiger partial charge on any atom is 0.510 e. The van der Waals surface area contributed by atoms with E-state index in [4.69, 9.17) is 9.47 Å². The summed E-state index contributed by atoms with van der Waals surface area (Å²) in [6.45, 7) is 5.31. The lowest BCUT2D eigenvalue weighted by atomic mass is 10.1. The van der Waals surface area contributed by atoms with E-state index in [-0.39, 0.29) is 6.73 Å². The molecule has 0 aliphatic rings. The first kappa shape index (κ1) is 16.4. The van der Waals surface area contributed by atoms with Gasteiger partial charge in [-0.25, -0.2) is 4.79 Å². The third-order valence-electron chi connectivity index (χ3n) is 3.53. The van der Waals surface area contributed by atoms with Gasteiger partial charge in [0.05, 0.1) is 12.1 Å². The third-order valence-corrected chi connectivity index (χ3v) is 3.53. The summed E-state index contributed by atoms with van der Waals surface area (Å²) in [5.41, 5.74) is 3.56. The van der Waals surface area contributed by atoms with Gasteiger partial charge in [0.15, 0.2) is 6.73 Å². The van der Waals surface area contributed by atoms with Gasteiger partial charge >= 0.3 is 6.16 Å². The van der Waals surface area contributed by atoms with Crippen LogP contribution in [0.5, 0.6) is 0 Å². The number of hydrogen-bond acceptors (Lipinski definition) is 4. The van der Waals surface area contributed by atoms with Gasteiger partial charge in [0, 0.05) is 18.1 Å². The summed E-state index contributed by atoms with van der Waals surface area (Å²) in [7, 11) is 4.13. The highest BCUT2D eigenvalue weighted by Crippen LogP contribution is 2.23. The summed E-state index contributed by atoms with van der Waals surface area (Å²) in [6, 6.07) is 6.32. The number of nitrogens with zero attached hydrogens (tertiary/aromatic N) is 2. The molecule has 0 aliphatic heterocycles. The number of fused-ring (bicyclic) bond motifs is 1. The molecule has 0 unspecified atom stereocenters. The Bertz CT molecular complexity index is 647. The summed E-state index contributed by atoms with van der Waals surface area (Å²) in [5.74, 6) is 0. The fourth-order valence-corrected chi connectivity index (χ4v) is 2.42. The zero-order valence-electron chi connectivity index (χ0n) is 13.8. The Morgan fingerprint density at radius 2 is 2.05 bits per heavy atom. The molecule has 0 aliphatic carbocycles. The number of ether oxygens (including phenoxy) is 2. The van der Waals surface area contributed by atoms with Gasteiger partial charge in [0.2, 0.25) is 0 Å². The van der Waals surface area contributed by atoms with E-state index in [1.807, 2.05) is 4.57 Å². The van der Waals surface area contributed by atoms with E-state index in [1.54, 1.807) is 6.92 Å². The molecular formula is C17H24N2O3. The predicted octanol–water partition coefficient (Wildman–Crippen LogP) is 3.18. The number of benzene rings is 1. The quantitative estimate of drug-likeness (QED) is 0.769. The molecule has 0 amide bonds. The van der Waals surface area contributed by atoms with Crippen LogP contribution in [0.3, 0.4) is 0 Å². The van der Waals surface area contributed by atoms with Crippen LogP contribution >= 0.6 is 0 Å². The molecule has 22 heavy (non-hydrogen) atoms. The van der Waals surface area contributed by atoms with Crippen molar-refractivity contribution in [1.82, 2.24) is 9.47 Å². The van der Waals surface area contributed by atoms with Crippen LogP contribution in [0.1, 0.15) is 18.1 Å². The van der Waals surface area contributed by atoms with Crippen LogP contribution in [0.2, 0.25) is 0 Å². The first-order valence-electron chi connectivity index (χ1n) is 7.54. The molecule has 0 saturated carbocycles. The summed E-state index contributed by atoms with van der Waals surface area (Å²) >= 11 is 0. The Labute approximate surface area is 131 Å². The SMILES string of the molecule is CCOC(=O)OCn1cc(CCN(C)C)c2cc(C)ccc21. The minimum atomic E-state index is -0.633. The number of hydrogen-bond donors (Lipinski definition) is 0. The molecule has 0 N–H and O–H groups in total. The molecule has 0 radical (unpaired) electrons. The van der Waals surface area contributed by atoms with Crippen molar-refractivity contribution in [2.45, 2.75) is 27.0 Å². The van der Waals surface area contributed by atoms with Gasteiger partial charge in [-0.2, -0.15) is 0 Å². The minimum Gasteiger partial charge on any atom is -0.435 e. The van der Waals surface area contributed by atoms with Crippen molar-refractivity contribution in [2.24, 2.45) is 0 Å². The molecule has 1 aromatic carbocycles. The lowest BCUT2D eigenvalue weighted by molar-refractivity contribution is 0.0381. The highest BCUT2D eigenvalue weighted by molar-refractivity contribution is 5.84. The molecule has 0 bridgehead atoms. The third kappa shape index (κ3) is 4.01. The van der Waals surface area contributed by atoms with E-state index in [1.165, 1.54) is 16.5 Å². The van der Waals surface area contributed by atoms with Crippen LogP contribution in [-0.2, 0) is 22.6 Å². The minimum absolute atomic E-state index is 0.167. The van der Waals surface area contributed by atoms with Gasteiger partial charge in [0.1, 0.15) is 0 Å². The lowest BCUT2D eigenvalue weighted by Crippen LogP contribution is -2.15. The number of aryl methyl sites for hydroxylation is 1. The normalized spacial score (nSPS) is 11.1. The van der Waals surface area contributed by atoms with E-state index in [0.29, 0.717) is 6.61 Å². The first-order chi connectivity index (χ1) is 10.5. The van der Waals surface area contributed by atoms with Crippen molar-refractivity contribution in [3.8, 4) is 0 Å². The Hall–Kier alpha value is -2.01. The van der Waals surface area contributed by atoms with E-state index in [2.05, 4.69) is 50.3 Å². The molecular weight excluding hydrogens is 280 g/mol. The molecule has 2 rings (SSSR count). The van der Waals surface area contributed by atoms with E-state index >= 15 is 0 Å². The second kappa shape index (κ2) is 7.31. The largest absolute Gasteiger partial charge is 0.510 e. The first-order valence-corrected chi connectivity index (χ1v) is 7.54. The van der Waals surface area contributed by atoms with Crippen molar-refractivity contribution in [3.05, 3.63) is 35.5 Å². The lowest BCUT2D eigenvalue weighted by Gasteiger charge is -2.08. The number of carbonyl (C=O) groups excluding carboxylic acids is 1. The Kier molecular flexibility index (Phi) is 5.44. The van der Waals surface area contributed by atoms with Crippen molar-refractivity contribution in [1.29, 1.82) is 0 Å². The van der Waals surface area contributed by atoms with E-state index in [9.17, 15) is 4.79 Å². The molecule has 5 heteroatoms. The average molecular weight is 304 g/mol. The van der Waals surface area contributed by atoms with Crippen LogP contribution in [0.25, 0.3) is 10.9 Å². The van der Waals surface area contributed by atoms with Crippen molar-refractivity contribution in [2.75, 3.05) is 27.2 Å².